The molecule has 1 N–H and O–H groups in total. The van der Waals surface area contributed by atoms with Crippen LogP contribution in [-0.4, -0.2) is 31.6 Å². The molecule has 184 valence electrons. The maximum Gasteiger partial charge on any atom is 0.433 e. The van der Waals surface area contributed by atoms with E-state index in [1.54, 1.807) is 31.3 Å². The zero-order valence-electron chi connectivity index (χ0n) is 19.4. The predicted octanol–water partition coefficient (Wildman–Crippen LogP) is 5.56. The van der Waals surface area contributed by atoms with E-state index in [1.807, 2.05) is 0 Å². The van der Waals surface area contributed by atoms with Gasteiger partial charge in [-0.1, -0.05) is 0 Å². The van der Waals surface area contributed by atoms with Crippen LogP contribution in [0.25, 0.3) is 11.4 Å². The molecule has 0 aliphatic heterocycles. The molecule has 35 heavy (non-hydrogen) atoms. The van der Waals surface area contributed by atoms with Crippen molar-refractivity contribution in [3.63, 3.8) is 0 Å². The fourth-order valence-corrected chi connectivity index (χ4v) is 3.38. The van der Waals surface area contributed by atoms with E-state index in [1.165, 1.54) is 19.9 Å². The normalized spacial score (nSPS) is 14.0. The summed E-state index contributed by atoms with van der Waals surface area (Å²) >= 11 is 0. The summed E-state index contributed by atoms with van der Waals surface area (Å²) in [6.45, 7) is 4.95. The number of alkyl halides is 3. The minimum absolute atomic E-state index is 0.206. The third-order valence-electron chi connectivity index (χ3n) is 5.60. The van der Waals surface area contributed by atoms with Crippen LogP contribution in [0.15, 0.2) is 42.7 Å². The minimum Gasteiger partial charge on any atom is -0.489 e. The highest BCUT2D eigenvalue weighted by molar-refractivity contribution is 5.76. The number of carboxylic acids is 1. The van der Waals surface area contributed by atoms with Crippen molar-refractivity contribution in [2.45, 2.75) is 57.9 Å². The van der Waals surface area contributed by atoms with Gasteiger partial charge in [0.1, 0.15) is 23.8 Å². The molecule has 0 amide bonds. The van der Waals surface area contributed by atoms with E-state index in [0.29, 0.717) is 22.9 Å². The van der Waals surface area contributed by atoms with Gasteiger partial charge in [0.15, 0.2) is 11.4 Å². The Morgan fingerprint density at radius 2 is 1.86 bits per heavy atom. The first-order valence-electron chi connectivity index (χ1n) is 11.0. The van der Waals surface area contributed by atoms with Crippen molar-refractivity contribution in [1.29, 1.82) is 0 Å². The Morgan fingerprint density at radius 1 is 1.11 bits per heavy atom. The number of hydrogen-bond acceptors (Lipinski definition) is 6. The van der Waals surface area contributed by atoms with Gasteiger partial charge in [-0.3, -0.25) is 4.98 Å². The lowest BCUT2D eigenvalue weighted by Gasteiger charge is -2.23. The van der Waals surface area contributed by atoms with Crippen LogP contribution in [0.3, 0.4) is 0 Å². The van der Waals surface area contributed by atoms with Crippen LogP contribution in [0.5, 0.6) is 11.5 Å². The number of carboxylic acid groups (broad SMARTS) is 1. The minimum atomic E-state index is -4.51. The number of carbonyl (C=O) groups is 1. The molecule has 0 saturated heterocycles. The first-order valence-corrected chi connectivity index (χ1v) is 11.0. The number of ether oxygens (including phenoxy) is 2. The molecule has 0 radical (unpaired) electrons. The molecule has 3 aromatic rings. The Labute approximate surface area is 200 Å². The Hall–Kier alpha value is -3.69. The third-order valence-corrected chi connectivity index (χ3v) is 5.60. The summed E-state index contributed by atoms with van der Waals surface area (Å²) in [5.74, 6) is 0.520. The second-order valence-corrected chi connectivity index (χ2v) is 8.94. The molecule has 0 unspecified atom stereocenters. The summed E-state index contributed by atoms with van der Waals surface area (Å²) < 4.78 is 49.9. The SMILES string of the molecule is Cc1cc(OCc2cnc(-c3ccc(C(F)(F)F)nc3)nc2C2CC2)ccc1OC(C)(C)C(=O)O. The van der Waals surface area contributed by atoms with E-state index in [2.05, 4.69) is 15.0 Å². The van der Waals surface area contributed by atoms with Crippen molar-refractivity contribution in [2.75, 3.05) is 0 Å². The van der Waals surface area contributed by atoms with Gasteiger partial charge < -0.3 is 14.6 Å². The highest BCUT2D eigenvalue weighted by atomic mass is 19.4. The maximum absolute atomic E-state index is 12.8. The van der Waals surface area contributed by atoms with Gasteiger partial charge in [-0.2, -0.15) is 13.2 Å². The Kier molecular flexibility index (Phi) is 6.40. The molecule has 0 atom stereocenters. The average molecular weight is 487 g/mol. The molecule has 1 fully saturated rings. The van der Waals surface area contributed by atoms with E-state index >= 15 is 0 Å². The van der Waals surface area contributed by atoms with Gasteiger partial charge in [0.2, 0.25) is 0 Å². The summed E-state index contributed by atoms with van der Waals surface area (Å²) in [5.41, 5.74) is 0.403. The highest BCUT2D eigenvalue weighted by Crippen LogP contribution is 2.41. The van der Waals surface area contributed by atoms with E-state index in [-0.39, 0.29) is 12.5 Å². The first kappa shape index (κ1) is 24.4. The van der Waals surface area contributed by atoms with Crippen molar-refractivity contribution < 1.29 is 32.5 Å². The average Bonchev–Trinajstić information content (AvgIpc) is 3.64. The number of nitrogens with zero attached hydrogens (tertiary/aromatic N) is 3. The first-order chi connectivity index (χ1) is 16.4. The lowest BCUT2D eigenvalue weighted by molar-refractivity contribution is -0.152. The fraction of sp³-hybridized carbons (Fsp3) is 0.360. The van der Waals surface area contributed by atoms with Gasteiger partial charge in [0.25, 0.3) is 0 Å². The summed E-state index contributed by atoms with van der Waals surface area (Å²) in [5, 5.41) is 9.26. The van der Waals surface area contributed by atoms with Crippen molar-refractivity contribution >= 4 is 5.97 Å². The van der Waals surface area contributed by atoms with E-state index in [4.69, 9.17) is 9.47 Å². The van der Waals surface area contributed by atoms with E-state index in [9.17, 15) is 23.1 Å². The Balaban J connectivity index is 1.49. The topological polar surface area (TPSA) is 94.4 Å². The van der Waals surface area contributed by atoms with Crippen LogP contribution in [0.1, 0.15) is 55.1 Å². The number of pyridine rings is 1. The number of rotatable bonds is 8. The zero-order chi connectivity index (χ0) is 25.4. The van der Waals surface area contributed by atoms with Crippen LogP contribution in [-0.2, 0) is 17.6 Å². The molecule has 10 heteroatoms. The molecule has 1 aromatic carbocycles. The van der Waals surface area contributed by atoms with Crippen LogP contribution >= 0.6 is 0 Å². The van der Waals surface area contributed by atoms with Crippen LogP contribution in [0.4, 0.5) is 13.2 Å². The molecule has 1 aliphatic carbocycles. The highest BCUT2D eigenvalue weighted by Gasteiger charge is 2.33. The predicted molar refractivity (Wildman–Crippen MR) is 120 cm³/mol. The van der Waals surface area contributed by atoms with Gasteiger partial charge in [0.05, 0.1) is 5.69 Å². The van der Waals surface area contributed by atoms with E-state index in [0.717, 1.165) is 41.9 Å². The van der Waals surface area contributed by atoms with Crippen LogP contribution in [0, 0.1) is 6.92 Å². The number of benzene rings is 1. The number of aryl methyl sites for hydroxylation is 1. The molecule has 7 nitrogen and oxygen atoms in total. The van der Waals surface area contributed by atoms with Gasteiger partial charge >= 0.3 is 12.1 Å². The Bertz CT molecular complexity index is 1240. The van der Waals surface area contributed by atoms with Crippen molar-refractivity contribution in [2.24, 2.45) is 0 Å². The zero-order valence-corrected chi connectivity index (χ0v) is 19.4. The number of hydrogen-bond donors (Lipinski definition) is 1. The van der Waals surface area contributed by atoms with Gasteiger partial charge in [-0.25, -0.2) is 14.8 Å². The van der Waals surface area contributed by atoms with E-state index < -0.39 is 23.4 Å². The quantitative estimate of drug-likeness (QED) is 0.444. The van der Waals surface area contributed by atoms with Gasteiger partial charge in [-0.05, 0) is 69.5 Å². The number of halogens is 3. The fourth-order valence-electron chi connectivity index (χ4n) is 3.38. The molecule has 2 aromatic heterocycles. The van der Waals surface area contributed by atoms with Crippen molar-refractivity contribution in [1.82, 2.24) is 15.0 Å². The number of aliphatic carboxylic acids is 1. The largest absolute Gasteiger partial charge is 0.489 e. The molecule has 0 spiro atoms. The maximum atomic E-state index is 12.8. The molecule has 0 bridgehead atoms. The lowest BCUT2D eigenvalue weighted by Crippen LogP contribution is -2.38. The molecule has 1 saturated carbocycles. The molecular weight excluding hydrogens is 463 g/mol. The van der Waals surface area contributed by atoms with Crippen LogP contribution in [0.2, 0.25) is 0 Å². The summed E-state index contributed by atoms with van der Waals surface area (Å²) in [6.07, 6.45) is 0.198. The van der Waals surface area contributed by atoms with Crippen molar-refractivity contribution in [3.05, 3.63) is 65.2 Å². The molecule has 1 aliphatic rings. The summed E-state index contributed by atoms with van der Waals surface area (Å²) in [6, 6.07) is 7.34. The summed E-state index contributed by atoms with van der Waals surface area (Å²) in [7, 11) is 0. The smallest absolute Gasteiger partial charge is 0.433 e. The van der Waals surface area contributed by atoms with Gasteiger partial charge in [-0.15, -0.1) is 0 Å². The number of aromatic nitrogens is 3. The standard InChI is InChI=1S/C25H24F3N3O4/c1-14-10-18(7-8-19(14)35-24(2,3)23(32)33)34-13-17-12-30-22(31-21(17)15-4-5-15)16-6-9-20(29-11-16)25(26,27)28/h6-12,15H,4-5,13H2,1-3H3,(H,32,33). The summed E-state index contributed by atoms with van der Waals surface area (Å²) in [4.78, 5) is 23.7. The van der Waals surface area contributed by atoms with Gasteiger partial charge in [0, 0.05) is 29.4 Å². The Morgan fingerprint density at radius 3 is 2.43 bits per heavy atom. The second kappa shape index (κ2) is 9.16. The molecular formula is C25H24F3N3O4. The van der Waals surface area contributed by atoms with Crippen LogP contribution < -0.4 is 9.47 Å². The second-order valence-electron chi connectivity index (χ2n) is 8.94. The molecule has 4 rings (SSSR count). The van der Waals surface area contributed by atoms with Crippen molar-refractivity contribution in [3.8, 4) is 22.9 Å². The third kappa shape index (κ3) is 5.70. The molecule has 2 heterocycles. The monoisotopic (exact) mass is 487 g/mol. The lowest BCUT2D eigenvalue weighted by atomic mass is 10.1.